The van der Waals surface area contributed by atoms with E-state index in [1.807, 2.05) is 12.1 Å². The highest BCUT2D eigenvalue weighted by Crippen LogP contribution is 2.38. The molecule has 3 heterocycles. The Morgan fingerprint density at radius 3 is 2.42 bits per heavy atom. The van der Waals surface area contributed by atoms with E-state index in [1.54, 1.807) is 50.0 Å². The fourth-order valence-electron chi connectivity index (χ4n) is 3.64. The molecule has 3 aromatic rings. The van der Waals surface area contributed by atoms with Crippen LogP contribution < -0.4 is 0 Å². The van der Waals surface area contributed by atoms with Gasteiger partial charge in [-0.2, -0.15) is 5.10 Å². The minimum atomic E-state index is -0.661. The first-order chi connectivity index (χ1) is 14.8. The van der Waals surface area contributed by atoms with E-state index >= 15 is 0 Å². The lowest BCUT2D eigenvalue weighted by atomic mass is 9.98. The van der Waals surface area contributed by atoms with Crippen molar-refractivity contribution in [2.75, 3.05) is 6.54 Å². The van der Waals surface area contributed by atoms with Gasteiger partial charge in [0.25, 0.3) is 0 Å². The summed E-state index contributed by atoms with van der Waals surface area (Å²) >= 11 is 0. The Bertz CT molecular complexity index is 1100. The molecular formula is C23H23FN4O3. The Morgan fingerprint density at radius 2 is 1.81 bits per heavy atom. The van der Waals surface area contributed by atoms with E-state index in [9.17, 15) is 14.0 Å². The van der Waals surface area contributed by atoms with Crippen molar-refractivity contribution >= 4 is 12.4 Å². The van der Waals surface area contributed by atoms with Crippen molar-refractivity contribution in [3.8, 4) is 22.4 Å². The van der Waals surface area contributed by atoms with Gasteiger partial charge in [-0.3, -0.25) is 14.6 Å². The Labute approximate surface area is 179 Å². The second kappa shape index (κ2) is 7.94. The van der Waals surface area contributed by atoms with Crippen LogP contribution in [-0.2, 0) is 16.1 Å². The molecule has 160 valence electrons. The molecule has 7 nitrogen and oxygen atoms in total. The van der Waals surface area contributed by atoms with Crippen molar-refractivity contribution in [3.05, 3.63) is 60.3 Å². The number of hydrogen-bond donors (Lipinski definition) is 0. The summed E-state index contributed by atoms with van der Waals surface area (Å²) in [7, 11) is 0. The van der Waals surface area contributed by atoms with Gasteiger partial charge in [-0.15, -0.1) is 0 Å². The third kappa shape index (κ3) is 4.19. The summed E-state index contributed by atoms with van der Waals surface area (Å²) in [6, 6.07) is 9.06. The van der Waals surface area contributed by atoms with Crippen LogP contribution in [0.5, 0.6) is 0 Å². The molecule has 31 heavy (non-hydrogen) atoms. The lowest BCUT2D eigenvalue weighted by molar-refractivity contribution is -0.111. The number of nitrogens with zero attached hydrogens (tertiary/aromatic N) is 4. The van der Waals surface area contributed by atoms with Crippen molar-refractivity contribution in [2.45, 2.75) is 39.0 Å². The van der Waals surface area contributed by atoms with Gasteiger partial charge in [0.2, 0.25) is 0 Å². The topological polar surface area (TPSA) is 77.3 Å². The summed E-state index contributed by atoms with van der Waals surface area (Å²) in [5, 5.41) is 4.71. The van der Waals surface area contributed by atoms with Gasteiger partial charge in [0, 0.05) is 23.5 Å². The van der Waals surface area contributed by atoms with E-state index in [0.29, 0.717) is 17.0 Å². The minimum absolute atomic E-state index is 0.158. The zero-order valence-electron chi connectivity index (χ0n) is 17.6. The van der Waals surface area contributed by atoms with Gasteiger partial charge in [-0.1, -0.05) is 0 Å². The third-order valence-electron chi connectivity index (χ3n) is 4.97. The maximum Gasteiger partial charge on any atom is 0.410 e. The second-order valence-corrected chi connectivity index (χ2v) is 8.42. The summed E-state index contributed by atoms with van der Waals surface area (Å²) in [5.74, 6) is -0.347. The van der Waals surface area contributed by atoms with Gasteiger partial charge in [-0.25, -0.2) is 9.18 Å². The van der Waals surface area contributed by atoms with Gasteiger partial charge in [0.15, 0.2) is 0 Å². The number of rotatable bonds is 3. The first-order valence-corrected chi connectivity index (χ1v) is 9.98. The molecule has 0 fully saturated rings. The van der Waals surface area contributed by atoms with E-state index in [4.69, 9.17) is 9.84 Å². The van der Waals surface area contributed by atoms with Gasteiger partial charge in [0.1, 0.15) is 29.4 Å². The van der Waals surface area contributed by atoms with E-state index in [0.717, 1.165) is 17.4 Å². The number of amides is 1. The van der Waals surface area contributed by atoms with Crippen LogP contribution >= 0.6 is 0 Å². The maximum absolute atomic E-state index is 13.5. The van der Waals surface area contributed by atoms with E-state index in [1.165, 1.54) is 17.0 Å². The molecule has 1 aliphatic rings. The summed E-state index contributed by atoms with van der Waals surface area (Å²) in [5.41, 5.74) is 2.99. The molecule has 0 aliphatic carbocycles. The lowest BCUT2D eigenvalue weighted by Crippen LogP contribution is -2.44. The highest BCUT2D eigenvalue weighted by atomic mass is 19.1. The summed E-state index contributed by atoms with van der Waals surface area (Å²) < 4.78 is 20.7. The van der Waals surface area contributed by atoms with Gasteiger partial charge in [-0.05, 0) is 62.7 Å². The standard InChI is InChI=1S/C23H23FN4O3/c1-23(2,3)31-22(30)27-12-18(14-29)28-19(13-27)20(15-8-10-25-11-9-15)21(26-28)16-4-6-17(24)7-5-16/h4-11,14,18H,12-13H2,1-3H3/t18-/m1/s1. The quantitative estimate of drug-likeness (QED) is 0.590. The number of carbonyl (C=O) groups is 2. The van der Waals surface area contributed by atoms with Crippen LogP contribution in [0.2, 0.25) is 0 Å². The molecule has 4 rings (SSSR count). The molecule has 0 unspecified atom stereocenters. The first-order valence-electron chi connectivity index (χ1n) is 9.98. The number of pyridine rings is 1. The number of benzene rings is 1. The van der Waals surface area contributed by atoms with E-state index in [-0.39, 0.29) is 18.9 Å². The normalized spacial score (nSPS) is 16.0. The molecule has 0 spiro atoms. The van der Waals surface area contributed by atoms with Gasteiger partial charge >= 0.3 is 6.09 Å². The van der Waals surface area contributed by atoms with Crippen molar-refractivity contribution in [1.29, 1.82) is 0 Å². The van der Waals surface area contributed by atoms with Crippen LogP contribution in [0.3, 0.4) is 0 Å². The largest absolute Gasteiger partial charge is 0.444 e. The number of carbonyl (C=O) groups excluding carboxylic acids is 2. The number of ether oxygens (including phenoxy) is 1. The highest BCUT2D eigenvalue weighted by molar-refractivity contribution is 5.84. The molecule has 1 aromatic carbocycles. The first kappa shape index (κ1) is 20.7. The predicted molar refractivity (Wildman–Crippen MR) is 113 cm³/mol. The summed E-state index contributed by atoms with van der Waals surface area (Å²) in [6.07, 6.45) is 3.62. The van der Waals surface area contributed by atoms with Crippen molar-refractivity contribution < 1.29 is 18.7 Å². The smallest absolute Gasteiger partial charge is 0.410 e. The van der Waals surface area contributed by atoms with Crippen molar-refractivity contribution in [3.63, 3.8) is 0 Å². The SMILES string of the molecule is CC(C)(C)OC(=O)N1Cc2c(-c3ccncc3)c(-c3ccc(F)cc3)nn2[C@@H](C=O)C1. The summed E-state index contributed by atoms with van der Waals surface area (Å²) in [4.78, 5) is 30.3. The zero-order valence-corrected chi connectivity index (χ0v) is 17.6. The molecule has 8 heteroatoms. The average Bonchev–Trinajstić information content (AvgIpc) is 3.12. The molecule has 0 saturated heterocycles. The van der Waals surface area contributed by atoms with Gasteiger partial charge < -0.3 is 9.53 Å². The highest BCUT2D eigenvalue weighted by Gasteiger charge is 2.35. The van der Waals surface area contributed by atoms with E-state index < -0.39 is 17.7 Å². The van der Waals surface area contributed by atoms with E-state index in [2.05, 4.69) is 4.98 Å². The summed E-state index contributed by atoms with van der Waals surface area (Å²) in [6.45, 7) is 5.78. The van der Waals surface area contributed by atoms with Crippen molar-refractivity contribution in [1.82, 2.24) is 19.7 Å². The zero-order chi connectivity index (χ0) is 22.2. The third-order valence-corrected chi connectivity index (χ3v) is 4.97. The number of aldehydes is 1. The molecule has 0 saturated carbocycles. The molecule has 1 aliphatic heterocycles. The van der Waals surface area contributed by atoms with Gasteiger partial charge in [0.05, 0.1) is 18.8 Å². The van der Waals surface area contributed by atoms with Crippen LogP contribution in [0.25, 0.3) is 22.4 Å². The molecule has 1 amide bonds. The number of fused-ring (bicyclic) bond motifs is 1. The Morgan fingerprint density at radius 1 is 1.13 bits per heavy atom. The Balaban J connectivity index is 1.85. The van der Waals surface area contributed by atoms with Crippen LogP contribution in [-0.4, -0.2) is 44.2 Å². The number of halogens is 1. The molecule has 2 aromatic heterocycles. The monoisotopic (exact) mass is 422 g/mol. The Hall–Kier alpha value is -3.55. The average molecular weight is 422 g/mol. The predicted octanol–water partition coefficient (Wildman–Crippen LogP) is 4.24. The fraction of sp³-hybridized carbons (Fsp3) is 0.304. The van der Waals surface area contributed by atoms with Crippen LogP contribution in [0.1, 0.15) is 32.5 Å². The fourth-order valence-corrected chi connectivity index (χ4v) is 3.64. The number of aromatic nitrogens is 3. The molecule has 0 N–H and O–H groups in total. The van der Waals surface area contributed by atoms with Crippen molar-refractivity contribution in [2.24, 2.45) is 0 Å². The number of hydrogen-bond acceptors (Lipinski definition) is 5. The molecular weight excluding hydrogens is 399 g/mol. The van der Waals surface area contributed by atoms with Crippen LogP contribution in [0, 0.1) is 5.82 Å². The second-order valence-electron chi connectivity index (χ2n) is 8.42. The van der Waals surface area contributed by atoms with Crippen LogP contribution in [0.4, 0.5) is 9.18 Å². The maximum atomic E-state index is 13.5. The Kier molecular flexibility index (Phi) is 5.31. The molecule has 0 radical (unpaired) electrons. The molecule has 0 bridgehead atoms. The van der Waals surface area contributed by atoms with Crippen LogP contribution in [0.15, 0.2) is 48.8 Å². The minimum Gasteiger partial charge on any atom is -0.444 e. The molecule has 1 atom stereocenters. The lowest BCUT2D eigenvalue weighted by Gasteiger charge is -2.33.